The van der Waals surface area contributed by atoms with E-state index in [1.165, 1.54) is 19.3 Å². The third-order valence-corrected chi connectivity index (χ3v) is 4.37. The molecule has 0 spiro atoms. The third-order valence-electron chi connectivity index (χ3n) is 4.06. The summed E-state index contributed by atoms with van der Waals surface area (Å²) in [5.74, 6) is -0.378. The molecular formula is C20H17ClFN5O2. The Bertz CT molecular complexity index is 1060. The Labute approximate surface area is 171 Å². The normalized spacial score (nSPS) is 11.2. The molecule has 3 aromatic rings. The van der Waals surface area contributed by atoms with Gasteiger partial charge in [-0.3, -0.25) is 14.8 Å². The van der Waals surface area contributed by atoms with Gasteiger partial charge in [-0.2, -0.15) is 0 Å². The van der Waals surface area contributed by atoms with Gasteiger partial charge in [-0.05, 0) is 31.5 Å². The summed E-state index contributed by atoms with van der Waals surface area (Å²) >= 11 is 6.02. The van der Waals surface area contributed by atoms with Crippen LogP contribution < -0.4 is 10.2 Å². The lowest BCUT2D eigenvalue weighted by Gasteiger charge is -2.08. The first-order chi connectivity index (χ1) is 14.0. The van der Waals surface area contributed by atoms with Gasteiger partial charge in [0.1, 0.15) is 11.6 Å². The molecule has 1 N–H and O–H groups in total. The van der Waals surface area contributed by atoms with E-state index < -0.39 is 11.7 Å². The molecule has 9 heteroatoms. The van der Waals surface area contributed by atoms with Crippen molar-refractivity contribution in [3.05, 3.63) is 76.7 Å². The first kappa shape index (κ1) is 20.3. The Balaban J connectivity index is 1.73. The monoisotopic (exact) mass is 413 g/mol. The van der Waals surface area contributed by atoms with Gasteiger partial charge in [0.2, 0.25) is 0 Å². The predicted molar refractivity (Wildman–Crippen MR) is 108 cm³/mol. The summed E-state index contributed by atoms with van der Waals surface area (Å²) < 4.78 is 13.6. The van der Waals surface area contributed by atoms with Crippen LogP contribution in [0.1, 0.15) is 34.8 Å². The molecule has 0 aliphatic carbocycles. The van der Waals surface area contributed by atoms with Gasteiger partial charge in [0.25, 0.3) is 5.91 Å². The second-order valence-corrected chi connectivity index (χ2v) is 6.38. The molecule has 0 aliphatic rings. The highest BCUT2D eigenvalue weighted by atomic mass is 35.5. The van der Waals surface area contributed by atoms with Crippen molar-refractivity contribution in [1.82, 2.24) is 15.0 Å². The molecule has 0 aliphatic heterocycles. The zero-order chi connectivity index (χ0) is 20.8. The minimum Gasteiger partial charge on any atom is -0.353 e. The van der Waals surface area contributed by atoms with Crippen LogP contribution in [0, 0.1) is 12.7 Å². The minimum absolute atomic E-state index is 0.147. The van der Waals surface area contributed by atoms with Crippen molar-refractivity contribution in [3.63, 3.8) is 0 Å². The average Bonchev–Trinajstić information content (AvgIpc) is 2.72. The number of carbonyl (C=O) groups is 1. The Morgan fingerprint density at radius 2 is 2.03 bits per heavy atom. The van der Waals surface area contributed by atoms with E-state index in [9.17, 15) is 9.18 Å². The number of pyridine rings is 3. The largest absolute Gasteiger partial charge is 0.353 e. The third kappa shape index (κ3) is 4.91. The van der Waals surface area contributed by atoms with Crippen LogP contribution in [0.3, 0.4) is 0 Å². The summed E-state index contributed by atoms with van der Waals surface area (Å²) in [5, 5.41) is 7.14. The van der Waals surface area contributed by atoms with Crippen molar-refractivity contribution < 1.29 is 14.0 Å². The summed E-state index contributed by atoms with van der Waals surface area (Å²) in [6.07, 6.45) is 7.54. The zero-order valence-corrected chi connectivity index (χ0v) is 16.4. The molecule has 0 saturated carbocycles. The molecule has 0 unspecified atom stereocenters. The first-order valence-electron chi connectivity index (χ1n) is 8.71. The molecule has 0 aromatic carbocycles. The van der Waals surface area contributed by atoms with Crippen LogP contribution in [0.4, 0.5) is 10.2 Å². The number of anilines is 1. The lowest BCUT2D eigenvalue weighted by atomic mass is 10.1. The molecular weight excluding hydrogens is 397 g/mol. The highest BCUT2D eigenvalue weighted by molar-refractivity contribution is 6.31. The molecule has 0 fully saturated rings. The van der Waals surface area contributed by atoms with Gasteiger partial charge in [0.05, 0.1) is 28.7 Å². The van der Waals surface area contributed by atoms with E-state index in [4.69, 9.17) is 16.4 Å². The molecule has 0 radical (unpaired) electrons. The SMILES string of the molecule is CCC(=NOc1cnccc1Cl)c1ccc(NC(=O)c2cncc(F)c2C)nc1. The van der Waals surface area contributed by atoms with E-state index in [2.05, 4.69) is 25.4 Å². The Kier molecular flexibility index (Phi) is 6.46. The number of hydrogen-bond donors (Lipinski definition) is 1. The Morgan fingerprint density at radius 1 is 1.21 bits per heavy atom. The number of oxime groups is 1. The summed E-state index contributed by atoms with van der Waals surface area (Å²) in [6.45, 7) is 3.43. The van der Waals surface area contributed by atoms with Crippen molar-refractivity contribution >= 4 is 29.0 Å². The zero-order valence-electron chi connectivity index (χ0n) is 15.7. The second kappa shape index (κ2) is 9.20. The van der Waals surface area contributed by atoms with E-state index in [1.807, 2.05) is 6.92 Å². The lowest BCUT2D eigenvalue weighted by molar-refractivity contribution is 0.102. The maximum absolute atomic E-state index is 13.6. The van der Waals surface area contributed by atoms with Crippen molar-refractivity contribution in [2.75, 3.05) is 5.32 Å². The van der Waals surface area contributed by atoms with Crippen molar-refractivity contribution in [2.24, 2.45) is 5.16 Å². The molecule has 3 heterocycles. The Hall–Kier alpha value is -3.39. The number of nitrogens with zero attached hydrogens (tertiary/aromatic N) is 4. The summed E-state index contributed by atoms with van der Waals surface area (Å²) in [5.41, 5.74) is 1.73. The van der Waals surface area contributed by atoms with Crippen molar-refractivity contribution in [2.45, 2.75) is 20.3 Å². The van der Waals surface area contributed by atoms with Crippen LogP contribution in [-0.4, -0.2) is 26.6 Å². The van der Waals surface area contributed by atoms with Gasteiger partial charge in [0, 0.05) is 29.7 Å². The van der Waals surface area contributed by atoms with Gasteiger partial charge in [-0.25, -0.2) is 9.37 Å². The number of rotatable bonds is 6. The topological polar surface area (TPSA) is 89.4 Å². The average molecular weight is 414 g/mol. The predicted octanol–water partition coefficient (Wildman–Crippen LogP) is 4.42. The van der Waals surface area contributed by atoms with Crippen LogP contribution in [0.25, 0.3) is 0 Å². The summed E-state index contributed by atoms with van der Waals surface area (Å²) in [7, 11) is 0. The first-order valence-corrected chi connectivity index (χ1v) is 9.08. The van der Waals surface area contributed by atoms with Crippen molar-refractivity contribution in [1.29, 1.82) is 0 Å². The molecule has 0 saturated heterocycles. The number of hydrogen-bond acceptors (Lipinski definition) is 6. The van der Waals surface area contributed by atoms with Crippen LogP contribution in [-0.2, 0) is 0 Å². The quantitative estimate of drug-likeness (QED) is 0.477. The fourth-order valence-corrected chi connectivity index (χ4v) is 2.55. The van der Waals surface area contributed by atoms with E-state index in [0.717, 1.165) is 6.20 Å². The number of carbonyl (C=O) groups excluding carboxylic acids is 1. The number of nitrogens with one attached hydrogen (secondary N) is 1. The van der Waals surface area contributed by atoms with Crippen LogP contribution in [0.2, 0.25) is 5.02 Å². The molecule has 0 atom stereocenters. The van der Waals surface area contributed by atoms with Gasteiger partial charge in [-0.15, -0.1) is 0 Å². The smallest absolute Gasteiger partial charge is 0.258 e. The molecule has 0 bridgehead atoms. The van der Waals surface area contributed by atoms with E-state index >= 15 is 0 Å². The Morgan fingerprint density at radius 3 is 2.72 bits per heavy atom. The van der Waals surface area contributed by atoms with Gasteiger partial charge < -0.3 is 10.2 Å². The molecule has 29 heavy (non-hydrogen) atoms. The van der Waals surface area contributed by atoms with Crippen LogP contribution in [0.5, 0.6) is 5.75 Å². The van der Waals surface area contributed by atoms with Gasteiger partial charge in [-0.1, -0.05) is 23.7 Å². The standard InChI is InChI=1S/C20H17ClFN5O2/c1-3-17(27-29-18-11-23-7-6-15(18)21)13-4-5-19(25-8-13)26-20(28)14-9-24-10-16(22)12(14)2/h4-11H,3H2,1-2H3,(H,25,26,28). The van der Waals surface area contributed by atoms with Crippen LogP contribution >= 0.6 is 11.6 Å². The van der Waals surface area contributed by atoms with Gasteiger partial charge >= 0.3 is 0 Å². The summed E-state index contributed by atoms with van der Waals surface area (Å²) in [4.78, 5) is 29.6. The van der Waals surface area contributed by atoms with Gasteiger partial charge in [0.15, 0.2) is 5.75 Å². The summed E-state index contributed by atoms with van der Waals surface area (Å²) in [6, 6.07) is 4.97. The highest BCUT2D eigenvalue weighted by Crippen LogP contribution is 2.22. The minimum atomic E-state index is -0.543. The fourth-order valence-electron chi connectivity index (χ4n) is 2.41. The number of halogens is 2. The molecule has 1 amide bonds. The van der Waals surface area contributed by atoms with Crippen molar-refractivity contribution in [3.8, 4) is 5.75 Å². The molecule has 3 aromatic heterocycles. The lowest BCUT2D eigenvalue weighted by Crippen LogP contribution is -2.15. The highest BCUT2D eigenvalue weighted by Gasteiger charge is 2.13. The van der Waals surface area contributed by atoms with E-state index in [1.54, 1.807) is 30.6 Å². The van der Waals surface area contributed by atoms with E-state index in [-0.39, 0.29) is 11.1 Å². The van der Waals surface area contributed by atoms with Crippen LogP contribution in [0.15, 0.2) is 54.3 Å². The second-order valence-electron chi connectivity index (χ2n) is 5.97. The maximum Gasteiger partial charge on any atom is 0.258 e. The fraction of sp³-hybridized carbons (Fsp3) is 0.150. The number of amides is 1. The maximum atomic E-state index is 13.6. The van der Waals surface area contributed by atoms with E-state index in [0.29, 0.717) is 34.3 Å². The number of aromatic nitrogens is 3. The molecule has 148 valence electrons. The molecule has 7 nitrogen and oxygen atoms in total. The molecule has 3 rings (SSSR count).